The van der Waals surface area contributed by atoms with Gasteiger partial charge in [-0.3, -0.25) is 9.59 Å². The average Bonchev–Trinajstić information content (AvgIpc) is 2.78. The van der Waals surface area contributed by atoms with E-state index in [2.05, 4.69) is 37.3 Å². The van der Waals surface area contributed by atoms with Crippen molar-refractivity contribution >= 4 is 11.6 Å². The largest absolute Gasteiger partial charge is 0.300 e. The van der Waals surface area contributed by atoms with E-state index in [0.717, 1.165) is 43.9 Å². The topological polar surface area (TPSA) is 34.1 Å². The molecule has 0 spiro atoms. The highest BCUT2D eigenvalue weighted by atomic mass is 16.1. The second kappa shape index (κ2) is 12.4. The van der Waals surface area contributed by atoms with Gasteiger partial charge in [-0.1, -0.05) is 75.8 Å². The first-order valence-electron chi connectivity index (χ1n) is 12.7. The highest BCUT2D eigenvalue weighted by molar-refractivity contribution is 5.87. The Labute approximate surface area is 184 Å². The molecule has 0 saturated heterocycles. The Morgan fingerprint density at radius 2 is 1.67 bits per heavy atom. The van der Waals surface area contributed by atoms with Gasteiger partial charge in [-0.25, -0.2) is 0 Å². The molecule has 3 rings (SSSR count). The fourth-order valence-corrected chi connectivity index (χ4v) is 6.05. The van der Waals surface area contributed by atoms with Gasteiger partial charge in [-0.15, -0.1) is 0 Å². The van der Waals surface area contributed by atoms with E-state index in [1.165, 1.54) is 50.5 Å². The normalized spacial score (nSPS) is 24.8. The van der Waals surface area contributed by atoms with Crippen LogP contribution in [0.25, 0.3) is 0 Å². The smallest absolute Gasteiger partial charge is 0.136 e. The van der Waals surface area contributed by atoms with E-state index < -0.39 is 0 Å². The van der Waals surface area contributed by atoms with Crippen molar-refractivity contribution in [2.24, 2.45) is 23.7 Å². The van der Waals surface area contributed by atoms with Crippen LogP contribution in [0, 0.1) is 23.7 Å². The summed E-state index contributed by atoms with van der Waals surface area (Å²) in [6.07, 6.45) is 16.1. The van der Waals surface area contributed by atoms with Crippen LogP contribution in [0.15, 0.2) is 30.3 Å². The number of carbonyl (C=O) groups excluding carboxylic acids is 2. The van der Waals surface area contributed by atoms with Crippen molar-refractivity contribution in [3.05, 3.63) is 35.9 Å². The van der Waals surface area contributed by atoms with Crippen molar-refractivity contribution in [3.63, 3.8) is 0 Å². The van der Waals surface area contributed by atoms with Gasteiger partial charge in [0.15, 0.2) is 0 Å². The van der Waals surface area contributed by atoms with Crippen molar-refractivity contribution in [2.75, 3.05) is 0 Å². The second-order valence-corrected chi connectivity index (χ2v) is 10.1. The van der Waals surface area contributed by atoms with Crippen LogP contribution in [0.5, 0.6) is 0 Å². The Balaban J connectivity index is 1.33. The van der Waals surface area contributed by atoms with Crippen molar-refractivity contribution in [1.82, 2.24) is 0 Å². The zero-order valence-corrected chi connectivity index (χ0v) is 19.1. The van der Waals surface area contributed by atoms with Crippen LogP contribution >= 0.6 is 0 Å². The van der Waals surface area contributed by atoms with E-state index >= 15 is 0 Å². The van der Waals surface area contributed by atoms with Crippen LogP contribution in [0.2, 0.25) is 0 Å². The van der Waals surface area contributed by atoms with Gasteiger partial charge in [0.05, 0.1) is 0 Å². The van der Waals surface area contributed by atoms with Crippen molar-refractivity contribution < 1.29 is 9.59 Å². The summed E-state index contributed by atoms with van der Waals surface area (Å²) in [6.45, 7) is 2.25. The third kappa shape index (κ3) is 7.36. The lowest BCUT2D eigenvalue weighted by atomic mass is 9.66. The Bertz CT molecular complexity index is 650. The molecule has 1 aromatic rings. The number of fused-ring (bicyclic) bond motifs is 1. The first kappa shape index (κ1) is 23.2. The van der Waals surface area contributed by atoms with Crippen molar-refractivity contribution in [2.45, 2.75) is 103 Å². The molecule has 0 radical (unpaired) electrons. The molecule has 0 amide bonds. The highest BCUT2D eigenvalue weighted by Crippen LogP contribution is 2.43. The third-order valence-corrected chi connectivity index (χ3v) is 7.78. The number of ketones is 2. The zero-order valence-electron chi connectivity index (χ0n) is 19.1. The van der Waals surface area contributed by atoms with Gasteiger partial charge in [0.2, 0.25) is 0 Å². The summed E-state index contributed by atoms with van der Waals surface area (Å²) in [7, 11) is 0. The van der Waals surface area contributed by atoms with E-state index in [4.69, 9.17) is 0 Å². The van der Waals surface area contributed by atoms with Gasteiger partial charge < -0.3 is 0 Å². The summed E-state index contributed by atoms with van der Waals surface area (Å²) in [4.78, 5) is 25.1. The molecule has 1 aromatic carbocycles. The maximum atomic E-state index is 12.7. The Hall–Kier alpha value is -1.44. The van der Waals surface area contributed by atoms with E-state index in [0.29, 0.717) is 36.7 Å². The molecule has 0 aromatic heterocycles. The number of benzene rings is 1. The molecule has 166 valence electrons. The van der Waals surface area contributed by atoms with Gasteiger partial charge in [0.25, 0.3) is 0 Å². The predicted octanol–water partition coefficient (Wildman–Crippen LogP) is 7.34. The SMILES string of the molecule is CCCC(CCCC(=O)CCC(=O)C1CCC2CCCCC2C1)Cc1ccccc1. The van der Waals surface area contributed by atoms with E-state index in [9.17, 15) is 9.59 Å². The van der Waals surface area contributed by atoms with E-state index in [1.807, 2.05) is 0 Å². The number of rotatable bonds is 12. The van der Waals surface area contributed by atoms with Crippen LogP contribution in [0.1, 0.15) is 102 Å². The Kier molecular flexibility index (Phi) is 9.62. The molecular weight excluding hydrogens is 368 g/mol. The quantitative estimate of drug-likeness (QED) is 0.361. The number of carbonyl (C=O) groups is 2. The second-order valence-electron chi connectivity index (χ2n) is 10.1. The maximum absolute atomic E-state index is 12.7. The Morgan fingerprint density at radius 1 is 0.900 bits per heavy atom. The predicted molar refractivity (Wildman–Crippen MR) is 124 cm³/mol. The standard InChI is InChI=1S/C28H42O2/c1-2-9-22(20-23-10-4-3-5-11-23)12-8-15-27(29)18-19-28(30)26-17-16-24-13-6-7-14-25(24)21-26/h3-5,10-11,22,24-26H,2,6-9,12-21H2,1H3. The van der Waals surface area contributed by atoms with E-state index in [1.54, 1.807) is 0 Å². The molecule has 2 aliphatic rings. The van der Waals surface area contributed by atoms with E-state index in [-0.39, 0.29) is 5.92 Å². The van der Waals surface area contributed by atoms with Gasteiger partial charge in [-0.2, -0.15) is 0 Å². The number of hydrogen-bond donors (Lipinski definition) is 0. The van der Waals surface area contributed by atoms with Gasteiger partial charge in [-0.05, 0) is 61.8 Å². The monoisotopic (exact) mass is 410 g/mol. The van der Waals surface area contributed by atoms with Gasteiger partial charge >= 0.3 is 0 Å². The lowest BCUT2D eigenvalue weighted by Crippen LogP contribution is -2.31. The lowest BCUT2D eigenvalue weighted by Gasteiger charge is -2.38. The molecule has 4 unspecified atom stereocenters. The zero-order chi connectivity index (χ0) is 21.2. The van der Waals surface area contributed by atoms with Crippen LogP contribution in [0.3, 0.4) is 0 Å². The fourth-order valence-electron chi connectivity index (χ4n) is 6.05. The Morgan fingerprint density at radius 3 is 2.43 bits per heavy atom. The van der Waals surface area contributed by atoms with Crippen LogP contribution < -0.4 is 0 Å². The lowest BCUT2D eigenvalue weighted by molar-refractivity contribution is -0.128. The summed E-state index contributed by atoms with van der Waals surface area (Å²) in [5.74, 6) is 3.26. The molecule has 0 N–H and O–H groups in total. The molecule has 2 nitrogen and oxygen atoms in total. The molecule has 0 bridgehead atoms. The van der Waals surface area contributed by atoms with Gasteiger partial charge in [0.1, 0.15) is 11.6 Å². The van der Waals surface area contributed by atoms with Gasteiger partial charge in [0, 0.05) is 25.2 Å². The summed E-state index contributed by atoms with van der Waals surface area (Å²) >= 11 is 0. The summed E-state index contributed by atoms with van der Waals surface area (Å²) in [6, 6.07) is 10.7. The first-order valence-corrected chi connectivity index (χ1v) is 12.7. The molecule has 2 saturated carbocycles. The fraction of sp³-hybridized carbons (Fsp3) is 0.714. The van der Waals surface area contributed by atoms with Crippen LogP contribution in [-0.2, 0) is 16.0 Å². The maximum Gasteiger partial charge on any atom is 0.136 e. The van der Waals surface area contributed by atoms with Crippen LogP contribution in [-0.4, -0.2) is 11.6 Å². The molecule has 0 aliphatic heterocycles. The van der Waals surface area contributed by atoms with Crippen LogP contribution in [0.4, 0.5) is 0 Å². The summed E-state index contributed by atoms with van der Waals surface area (Å²) in [5, 5.41) is 0. The minimum atomic E-state index is 0.247. The first-order chi connectivity index (χ1) is 14.7. The number of Topliss-reactive ketones (excluding diaryl/α,β-unsaturated/α-hetero) is 2. The molecule has 0 heterocycles. The minimum Gasteiger partial charge on any atom is -0.300 e. The average molecular weight is 411 g/mol. The summed E-state index contributed by atoms with van der Waals surface area (Å²) in [5.41, 5.74) is 1.40. The minimum absolute atomic E-state index is 0.247. The molecule has 4 atom stereocenters. The molecular formula is C28H42O2. The third-order valence-electron chi connectivity index (χ3n) is 7.78. The number of hydrogen-bond acceptors (Lipinski definition) is 2. The van der Waals surface area contributed by atoms with Crippen molar-refractivity contribution in [1.29, 1.82) is 0 Å². The van der Waals surface area contributed by atoms with Crippen molar-refractivity contribution in [3.8, 4) is 0 Å². The molecule has 2 fully saturated rings. The molecule has 30 heavy (non-hydrogen) atoms. The highest BCUT2D eigenvalue weighted by Gasteiger charge is 2.34. The molecule has 2 aliphatic carbocycles. The molecule has 2 heteroatoms. The summed E-state index contributed by atoms with van der Waals surface area (Å²) < 4.78 is 0.